The highest BCUT2D eigenvalue weighted by Gasteiger charge is 2.23. The zero-order valence-electron chi connectivity index (χ0n) is 16.1. The Morgan fingerprint density at radius 2 is 1.85 bits per heavy atom. The Hall–Kier alpha value is -2.53. The third kappa shape index (κ3) is 5.73. The number of rotatable bonds is 8. The molecule has 0 bridgehead atoms. The predicted molar refractivity (Wildman–Crippen MR) is 107 cm³/mol. The van der Waals surface area contributed by atoms with Crippen LogP contribution in [0.15, 0.2) is 54.6 Å². The van der Waals surface area contributed by atoms with Gasteiger partial charge in [0.2, 0.25) is 0 Å². The normalized spacial score (nSPS) is 16.1. The second kappa shape index (κ2) is 9.42. The second-order valence-corrected chi connectivity index (χ2v) is 7.07. The number of hydrogen-bond acceptors (Lipinski definition) is 4. The first kappa shape index (κ1) is 19.2. The van der Waals surface area contributed by atoms with Crippen LogP contribution in [0, 0.1) is 0 Å². The lowest BCUT2D eigenvalue weighted by Crippen LogP contribution is -2.39. The lowest BCUT2D eigenvalue weighted by molar-refractivity contribution is -0.135. The number of benzene rings is 2. The summed E-state index contributed by atoms with van der Waals surface area (Å²) in [6, 6.07) is 17.7. The molecule has 0 saturated carbocycles. The fraction of sp³-hybridized carbons (Fsp3) is 0.409. The van der Waals surface area contributed by atoms with E-state index >= 15 is 0 Å². The Morgan fingerprint density at radius 3 is 2.48 bits per heavy atom. The largest absolute Gasteiger partial charge is 0.484 e. The molecule has 1 atom stereocenters. The Labute approximate surface area is 161 Å². The van der Waals surface area contributed by atoms with Crippen LogP contribution in [0.25, 0.3) is 0 Å². The first-order valence-corrected chi connectivity index (χ1v) is 9.45. The van der Waals surface area contributed by atoms with Gasteiger partial charge in [-0.25, -0.2) is 0 Å². The predicted octanol–water partition coefficient (Wildman–Crippen LogP) is 3.34. The molecule has 0 aromatic heterocycles. The highest BCUT2D eigenvalue weighted by molar-refractivity contribution is 5.77. The van der Waals surface area contributed by atoms with Gasteiger partial charge >= 0.3 is 0 Å². The number of nitrogens with zero attached hydrogens (tertiary/aromatic N) is 2. The molecule has 1 aliphatic rings. The van der Waals surface area contributed by atoms with E-state index in [2.05, 4.69) is 29.2 Å². The van der Waals surface area contributed by atoms with E-state index in [9.17, 15) is 4.79 Å². The van der Waals surface area contributed by atoms with Crippen LogP contribution >= 0.6 is 0 Å². The minimum Gasteiger partial charge on any atom is -0.484 e. The molecular formula is C22H28N2O3. The SMILES string of the molecule is CN(C)c1ccc(CN(C[C@@H]2CCCO2)C(=O)COc2ccccc2)cc1. The molecule has 27 heavy (non-hydrogen) atoms. The van der Waals surface area contributed by atoms with E-state index in [4.69, 9.17) is 9.47 Å². The minimum atomic E-state index is -0.0222. The van der Waals surface area contributed by atoms with Crippen molar-refractivity contribution in [1.82, 2.24) is 4.90 Å². The number of carbonyl (C=O) groups is 1. The first-order valence-electron chi connectivity index (χ1n) is 9.45. The van der Waals surface area contributed by atoms with E-state index in [0.717, 1.165) is 30.7 Å². The van der Waals surface area contributed by atoms with Gasteiger partial charge < -0.3 is 19.3 Å². The molecule has 0 aliphatic carbocycles. The van der Waals surface area contributed by atoms with Gasteiger partial charge in [-0.05, 0) is 42.7 Å². The summed E-state index contributed by atoms with van der Waals surface area (Å²) in [6.45, 7) is 1.98. The zero-order valence-corrected chi connectivity index (χ0v) is 16.1. The smallest absolute Gasteiger partial charge is 0.260 e. The van der Waals surface area contributed by atoms with Gasteiger partial charge in [0, 0.05) is 39.5 Å². The van der Waals surface area contributed by atoms with Gasteiger partial charge in [0.05, 0.1) is 6.10 Å². The molecule has 144 valence electrons. The molecular weight excluding hydrogens is 340 g/mol. The van der Waals surface area contributed by atoms with E-state index in [1.54, 1.807) is 0 Å². The topological polar surface area (TPSA) is 42.0 Å². The molecule has 0 unspecified atom stereocenters. The number of hydrogen-bond donors (Lipinski definition) is 0. The van der Waals surface area contributed by atoms with Crippen molar-refractivity contribution in [2.75, 3.05) is 38.8 Å². The quantitative estimate of drug-likeness (QED) is 0.717. The van der Waals surface area contributed by atoms with Crippen molar-refractivity contribution in [2.45, 2.75) is 25.5 Å². The standard InChI is InChI=1S/C22H28N2O3/c1-23(2)19-12-10-18(11-13-19)15-24(16-21-9-6-14-26-21)22(25)17-27-20-7-4-3-5-8-20/h3-5,7-8,10-13,21H,6,9,14-17H2,1-2H3/t21-/m0/s1. The minimum absolute atomic E-state index is 0.0222. The van der Waals surface area contributed by atoms with E-state index in [1.807, 2.05) is 49.3 Å². The number of carbonyl (C=O) groups excluding carboxylic acids is 1. The van der Waals surface area contributed by atoms with Gasteiger partial charge in [0.25, 0.3) is 5.91 Å². The van der Waals surface area contributed by atoms with Crippen molar-refractivity contribution in [3.05, 3.63) is 60.2 Å². The van der Waals surface area contributed by atoms with Crippen molar-refractivity contribution in [3.63, 3.8) is 0 Å². The average Bonchev–Trinajstić information content (AvgIpc) is 3.20. The lowest BCUT2D eigenvalue weighted by Gasteiger charge is -2.26. The summed E-state index contributed by atoms with van der Waals surface area (Å²) >= 11 is 0. The third-order valence-electron chi connectivity index (χ3n) is 4.73. The summed E-state index contributed by atoms with van der Waals surface area (Å²) in [5.41, 5.74) is 2.25. The van der Waals surface area contributed by atoms with Crippen LogP contribution in [0.2, 0.25) is 0 Å². The maximum Gasteiger partial charge on any atom is 0.260 e. The van der Waals surface area contributed by atoms with Crippen molar-refractivity contribution in [1.29, 1.82) is 0 Å². The average molecular weight is 368 g/mol. The van der Waals surface area contributed by atoms with Gasteiger partial charge in [0.15, 0.2) is 6.61 Å². The second-order valence-electron chi connectivity index (χ2n) is 7.07. The summed E-state index contributed by atoms with van der Waals surface area (Å²) in [4.78, 5) is 16.7. The van der Waals surface area contributed by atoms with E-state index in [0.29, 0.717) is 18.8 Å². The Morgan fingerprint density at radius 1 is 1.11 bits per heavy atom. The van der Waals surface area contributed by atoms with Gasteiger partial charge in [-0.2, -0.15) is 0 Å². The fourth-order valence-corrected chi connectivity index (χ4v) is 3.16. The van der Waals surface area contributed by atoms with Crippen LogP contribution in [0.5, 0.6) is 5.75 Å². The number of para-hydroxylation sites is 1. The van der Waals surface area contributed by atoms with Crippen LogP contribution < -0.4 is 9.64 Å². The summed E-state index contributed by atoms with van der Waals surface area (Å²) in [7, 11) is 4.03. The molecule has 1 fully saturated rings. The van der Waals surface area contributed by atoms with Gasteiger partial charge in [-0.1, -0.05) is 30.3 Å². The van der Waals surface area contributed by atoms with Crippen LogP contribution in [0.1, 0.15) is 18.4 Å². The lowest BCUT2D eigenvalue weighted by atomic mass is 10.1. The van der Waals surface area contributed by atoms with E-state index in [-0.39, 0.29) is 18.6 Å². The van der Waals surface area contributed by atoms with Crippen molar-refractivity contribution in [3.8, 4) is 5.75 Å². The Kier molecular flexibility index (Phi) is 6.71. The molecule has 2 aromatic rings. The Balaban J connectivity index is 1.64. The summed E-state index contributed by atoms with van der Waals surface area (Å²) in [5, 5.41) is 0. The van der Waals surface area contributed by atoms with E-state index < -0.39 is 0 Å². The molecule has 5 nitrogen and oxygen atoms in total. The molecule has 0 radical (unpaired) electrons. The molecule has 1 amide bonds. The molecule has 1 aliphatic heterocycles. The maximum atomic E-state index is 12.8. The van der Waals surface area contributed by atoms with Crippen LogP contribution in [0.3, 0.4) is 0 Å². The van der Waals surface area contributed by atoms with Gasteiger partial charge in [-0.15, -0.1) is 0 Å². The molecule has 0 N–H and O–H groups in total. The maximum absolute atomic E-state index is 12.8. The number of amides is 1. The highest BCUT2D eigenvalue weighted by Crippen LogP contribution is 2.18. The first-order chi connectivity index (χ1) is 13.1. The van der Waals surface area contributed by atoms with Crippen LogP contribution in [-0.2, 0) is 16.1 Å². The molecule has 2 aromatic carbocycles. The zero-order chi connectivity index (χ0) is 19.1. The van der Waals surface area contributed by atoms with Crippen LogP contribution in [0.4, 0.5) is 5.69 Å². The van der Waals surface area contributed by atoms with Crippen LogP contribution in [-0.4, -0.2) is 50.8 Å². The third-order valence-corrected chi connectivity index (χ3v) is 4.73. The number of ether oxygens (including phenoxy) is 2. The molecule has 1 heterocycles. The van der Waals surface area contributed by atoms with Crippen molar-refractivity contribution >= 4 is 11.6 Å². The fourth-order valence-electron chi connectivity index (χ4n) is 3.16. The molecule has 0 spiro atoms. The summed E-state index contributed by atoms with van der Waals surface area (Å²) in [5.74, 6) is 0.685. The summed E-state index contributed by atoms with van der Waals surface area (Å²) < 4.78 is 11.4. The molecule has 3 rings (SSSR count). The Bertz CT molecular complexity index is 710. The number of anilines is 1. The van der Waals surface area contributed by atoms with Crippen molar-refractivity contribution in [2.24, 2.45) is 0 Å². The molecule has 5 heteroatoms. The van der Waals surface area contributed by atoms with Crippen molar-refractivity contribution < 1.29 is 14.3 Å². The monoisotopic (exact) mass is 368 g/mol. The highest BCUT2D eigenvalue weighted by atomic mass is 16.5. The van der Waals surface area contributed by atoms with Gasteiger partial charge in [0.1, 0.15) is 5.75 Å². The van der Waals surface area contributed by atoms with E-state index in [1.165, 1.54) is 0 Å². The summed E-state index contributed by atoms with van der Waals surface area (Å²) in [6.07, 6.45) is 2.18. The molecule has 1 saturated heterocycles. The van der Waals surface area contributed by atoms with Gasteiger partial charge in [-0.3, -0.25) is 4.79 Å².